The SMILES string of the molecule is CCOC(=O)COc1ccc([N+](=O)[O-])cc1NC(=O)c1ccc(OCCCCc2ccccc2)cc1. The van der Waals surface area contributed by atoms with E-state index in [1.54, 1.807) is 31.2 Å². The van der Waals surface area contributed by atoms with Gasteiger partial charge in [0, 0.05) is 17.7 Å². The van der Waals surface area contributed by atoms with Crippen molar-refractivity contribution in [2.24, 2.45) is 0 Å². The monoisotopic (exact) mass is 492 g/mol. The molecular weight excluding hydrogens is 464 g/mol. The smallest absolute Gasteiger partial charge is 0.344 e. The van der Waals surface area contributed by atoms with Gasteiger partial charge in [0.05, 0.1) is 23.8 Å². The fraction of sp³-hybridized carbons (Fsp3) is 0.259. The molecule has 0 radical (unpaired) electrons. The number of hydrogen-bond acceptors (Lipinski definition) is 7. The molecule has 0 bridgehead atoms. The summed E-state index contributed by atoms with van der Waals surface area (Å²) in [4.78, 5) is 35.0. The van der Waals surface area contributed by atoms with E-state index in [-0.39, 0.29) is 23.7 Å². The number of nitrogens with zero attached hydrogens (tertiary/aromatic N) is 1. The standard InChI is InChI=1S/C27H28N2O7/c1-2-34-26(30)19-36-25-16-13-22(29(32)33)18-24(25)28-27(31)21-11-14-23(15-12-21)35-17-7-6-10-20-8-4-3-5-9-20/h3-5,8-9,11-16,18H,2,6-7,10,17,19H2,1H3,(H,28,31). The minimum atomic E-state index is -0.594. The van der Waals surface area contributed by atoms with Gasteiger partial charge in [-0.05, 0) is 62.1 Å². The van der Waals surface area contributed by atoms with Gasteiger partial charge >= 0.3 is 5.97 Å². The molecule has 3 rings (SSSR count). The molecule has 36 heavy (non-hydrogen) atoms. The number of amides is 1. The van der Waals surface area contributed by atoms with Gasteiger partial charge in [-0.25, -0.2) is 4.79 Å². The van der Waals surface area contributed by atoms with Gasteiger partial charge < -0.3 is 19.5 Å². The number of anilines is 1. The van der Waals surface area contributed by atoms with E-state index in [1.807, 2.05) is 18.2 Å². The molecular formula is C27H28N2O7. The summed E-state index contributed by atoms with van der Waals surface area (Å²) in [7, 11) is 0. The van der Waals surface area contributed by atoms with Crippen LogP contribution in [0.25, 0.3) is 0 Å². The van der Waals surface area contributed by atoms with Crippen LogP contribution < -0.4 is 14.8 Å². The molecule has 0 fully saturated rings. The van der Waals surface area contributed by atoms with Crippen molar-refractivity contribution in [3.8, 4) is 11.5 Å². The Hall–Kier alpha value is -4.40. The molecule has 0 unspecified atom stereocenters. The zero-order valence-corrected chi connectivity index (χ0v) is 20.0. The largest absolute Gasteiger partial charge is 0.494 e. The van der Waals surface area contributed by atoms with E-state index in [4.69, 9.17) is 14.2 Å². The van der Waals surface area contributed by atoms with E-state index in [2.05, 4.69) is 17.4 Å². The third-order valence-corrected chi connectivity index (χ3v) is 5.16. The van der Waals surface area contributed by atoms with E-state index >= 15 is 0 Å². The Kier molecular flexibility index (Phi) is 9.81. The highest BCUT2D eigenvalue weighted by Crippen LogP contribution is 2.30. The molecule has 188 valence electrons. The van der Waals surface area contributed by atoms with Crippen molar-refractivity contribution >= 4 is 23.3 Å². The lowest BCUT2D eigenvalue weighted by atomic mass is 10.1. The zero-order chi connectivity index (χ0) is 25.8. The summed E-state index contributed by atoms with van der Waals surface area (Å²) in [6, 6.07) is 20.6. The first-order chi connectivity index (χ1) is 17.5. The summed E-state index contributed by atoms with van der Waals surface area (Å²) in [5.74, 6) is -0.341. The second kappa shape index (κ2) is 13.5. The molecule has 0 aliphatic carbocycles. The molecule has 9 heteroatoms. The van der Waals surface area contributed by atoms with E-state index < -0.39 is 23.4 Å². The number of carbonyl (C=O) groups excluding carboxylic acids is 2. The quantitative estimate of drug-likeness (QED) is 0.151. The molecule has 0 aliphatic heterocycles. The summed E-state index contributed by atoms with van der Waals surface area (Å²) in [5.41, 5.74) is 1.46. The van der Waals surface area contributed by atoms with E-state index in [0.29, 0.717) is 17.9 Å². The summed E-state index contributed by atoms with van der Waals surface area (Å²) in [6.07, 6.45) is 2.90. The third kappa shape index (κ3) is 8.12. The molecule has 0 heterocycles. The summed E-state index contributed by atoms with van der Waals surface area (Å²) >= 11 is 0. The Morgan fingerprint density at radius 3 is 2.39 bits per heavy atom. The molecule has 3 aromatic rings. The highest BCUT2D eigenvalue weighted by atomic mass is 16.6. The predicted octanol–water partition coefficient (Wildman–Crippen LogP) is 5.19. The fourth-order valence-electron chi connectivity index (χ4n) is 3.36. The van der Waals surface area contributed by atoms with Crippen molar-refractivity contribution in [3.63, 3.8) is 0 Å². The number of nitro groups is 1. The average molecular weight is 493 g/mol. The van der Waals surface area contributed by atoms with Gasteiger partial charge in [0.15, 0.2) is 6.61 Å². The maximum atomic E-state index is 12.8. The Bertz CT molecular complexity index is 1160. The minimum Gasteiger partial charge on any atom is -0.494 e. The predicted molar refractivity (Wildman–Crippen MR) is 134 cm³/mol. The van der Waals surface area contributed by atoms with E-state index in [1.165, 1.54) is 23.8 Å². The summed E-state index contributed by atoms with van der Waals surface area (Å²) < 4.78 is 16.0. The normalized spacial score (nSPS) is 10.4. The number of hydrogen-bond donors (Lipinski definition) is 1. The number of nitrogens with one attached hydrogen (secondary N) is 1. The number of ether oxygens (including phenoxy) is 3. The molecule has 0 saturated heterocycles. The average Bonchev–Trinajstić information content (AvgIpc) is 2.88. The van der Waals surface area contributed by atoms with E-state index in [0.717, 1.165) is 19.3 Å². The Labute approximate surface area is 209 Å². The van der Waals surface area contributed by atoms with Crippen molar-refractivity contribution < 1.29 is 28.7 Å². The lowest BCUT2D eigenvalue weighted by molar-refractivity contribution is -0.384. The van der Waals surface area contributed by atoms with Crippen LogP contribution in [0.3, 0.4) is 0 Å². The van der Waals surface area contributed by atoms with Crippen molar-refractivity contribution in [2.75, 3.05) is 25.1 Å². The molecule has 0 atom stereocenters. The van der Waals surface area contributed by atoms with Crippen LogP contribution >= 0.6 is 0 Å². The van der Waals surface area contributed by atoms with Gasteiger partial charge in [-0.3, -0.25) is 14.9 Å². The van der Waals surface area contributed by atoms with Crippen LogP contribution in [0.5, 0.6) is 11.5 Å². The molecule has 0 aliphatic rings. The van der Waals surface area contributed by atoms with Crippen LogP contribution in [0, 0.1) is 10.1 Å². The Morgan fingerprint density at radius 2 is 1.69 bits per heavy atom. The van der Waals surface area contributed by atoms with Crippen LogP contribution in [0.4, 0.5) is 11.4 Å². The summed E-state index contributed by atoms with van der Waals surface area (Å²) in [6.45, 7) is 2.02. The third-order valence-electron chi connectivity index (χ3n) is 5.16. The molecule has 1 N–H and O–H groups in total. The molecule has 0 spiro atoms. The molecule has 1 amide bonds. The van der Waals surface area contributed by atoms with Gasteiger partial charge in [0.2, 0.25) is 0 Å². The number of benzene rings is 3. The van der Waals surface area contributed by atoms with Crippen LogP contribution in [0.2, 0.25) is 0 Å². The van der Waals surface area contributed by atoms with Crippen LogP contribution in [-0.2, 0) is 16.0 Å². The first-order valence-corrected chi connectivity index (χ1v) is 11.6. The number of rotatable bonds is 13. The van der Waals surface area contributed by atoms with Crippen molar-refractivity contribution in [1.82, 2.24) is 0 Å². The maximum Gasteiger partial charge on any atom is 0.344 e. The molecule has 3 aromatic carbocycles. The van der Waals surface area contributed by atoms with Crippen molar-refractivity contribution in [1.29, 1.82) is 0 Å². The molecule has 0 saturated carbocycles. The molecule has 0 aromatic heterocycles. The summed E-state index contributed by atoms with van der Waals surface area (Å²) in [5, 5.41) is 13.8. The lowest BCUT2D eigenvalue weighted by Gasteiger charge is -2.12. The Morgan fingerprint density at radius 1 is 0.944 bits per heavy atom. The van der Waals surface area contributed by atoms with Gasteiger partial charge in [-0.1, -0.05) is 30.3 Å². The second-order valence-corrected chi connectivity index (χ2v) is 7.80. The van der Waals surface area contributed by atoms with E-state index in [9.17, 15) is 19.7 Å². The lowest BCUT2D eigenvalue weighted by Crippen LogP contribution is -2.17. The molecule has 9 nitrogen and oxygen atoms in total. The van der Waals surface area contributed by atoms with Gasteiger partial charge in [-0.15, -0.1) is 0 Å². The van der Waals surface area contributed by atoms with Gasteiger partial charge in [0.1, 0.15) is 11.5 Å². The highest BCUT2D eigenvalue weighted by molar-refractivity contribution is 6.05. The fourth-order valence-corrected chi connectivity index (χ4v) is 3.36. The number of nitro benzene ring substituents is 1. The number of esters is 1. The van der Waals surface area contributed by atoms with Crippen molar-refractivity contribution in [3.05, 3.63) is 94.0 Å². The minimum absolute atomic E-state index is 0.0669. The van der Waals surface area contributed by atoms with Crippen molar-refractivity contribution in [2.45, 2.75) is 26.2 Å². The number of unbranched alkanes of at least 4 members (excludes halogenated alkanes) is 1. The first kappa shape index (κ1) is 26.2. The second-order valence-electron chi connectivity index (χ2n) is 7.80. The number of carbonyl (C=O) groups is 2. The maximum absolute atomic E-state index is 12.8. The van der Waals surface area contributed by atoms with Crippen LogP contribution in [0.1, 0.15) is 35.7 Å². The van der Waals surface area contributed by atoms with Gasteiger partial charge in [0.25, 0.3) is 11.6 Å². The topological polar surface area (TPSA) is 117 Å². The van der Waals surface area contributed by atoms with Crippen LogP contribution in [0.15, 0.2) is 72.8 Å². The number of aryl methyl sites for hydroxylation is 1. The zero-order valence-electron chi connectivity index (χ0n) is 20.0. The Balaban J connectivity index is 1.55. The highest BCUT2D eigenvalue weighted by Gasteiger charge is 2.16. The van der Waals surface area contributed by atoms with Crippen LogP contribution in [-0.4, -0.2) is 36.6 Å². The number of non-ortho nitro benzene ring substituents is 1. The van der Waals surface area contributed by atoms with Gasteiger partial charge in [-0.2, -0.15) is 0 Å². The first-order valence-electron chi connectivity index (χ1n) is 11.6.